The zero-order chi connectivity index (χ0) is 8.04. The lowest BCUT2D eigenvalue weighted by atomic mass is 9.81. The van der Waals surface area contributed by atoms with Gasteiger partial charge in [0.25, 0.3) is 0 Å². The summed E-state index contributed by atoms with van der Waals surface area (Å²) < 4.78 is 0. The summed E-state index contributed by atoms with van der Waals surface area (Å²) in [7, 11) is 0. The highest BCUT2D eigenvalue weighted by molar-refractivity contribution is 4.78. The molecular formula is C9H17N. The van der Waals surface area contributed by atoms with E-state index in [0.29, 0.717) is 11.8 Å². The van der Waals surface area contributed by atoms with Crippen molar-refractivity contribution < 1.29 is 0 Å². The molecule has 0 aromatic rings. The lowest BCUT2D eigenvalue weighted by molar-refractivity contribution is 0.276. The van der Waals surface area contributed by atoms with E-state index in [2.05, 4.69) is 26.8 Å². The van der Waals surface area contributed by atoms with E-state index in [1.165, 1.54) is 12.8 Å². The topological polar surface area (TPSA) is 23.8 Å². The molecule has 0 aromatic carbocycles. The van der Waals surface area contributed by atoms with Gasteiger partial charge in [-0.2, -0.15) is 5.26 Å². The predicted octanol–water partition coefficient (Wildman–Crippen LogP) is 3.12. The molecule has 0 saturated carbocycles. The standard InChI is InChI=1S/C9H17N/c1-4-9(3,5-2)7-6-8-10/h4-7H2,1-3H3. The van der Waals surface area contributed by atoms with Gasteiger partial charge in [0, 0.05) is 6.42 Å². The van der Waals surface area contributed by atoms with Gasteiger partial charge in [0.15, 0.2) is 0 Å². The summed E-state index contributed by atoms with van der Waals surface area (Å²) in [5, 5.41) is 8.37. The number of hydrogen-bond donors (Lipinski definition) is 0. The molecule has 0 aromatic heterocycles. The third-order valence-corrected chi connectivity index (χ3v) is 2.55. The molecule has 0 saturated heterocycles. The number of nitriles is 1. The molecule has 0 N–H and O–H groups in total. The van der Waals surface area contributed by atoms with Gasteiger partial charge in [0.2, 0.25) is 0 Å². The van der Waals surface area contributed by atoms with Crippen molar-refractivity contribution in [2.45, 2.75) is 46.5 Å². The van der Waals surface area contributed by atoms with Crippen molar-refractivity contribution >= 4 is 0 Å². The first-order valence-electron chi connectivity index (χ1n) is 4.05. The van der Waals surface area contributed by atoms with Crippen LogP contribution in [-0.4, -0.2) is 0 Å². The van der Waals surface area contributed by atoms with Crippen molar-refractivity contribution in [2.24, 2.45) is 5.41 Å². The summed E-state index contributed by atoms with van der Waals surface area (Å²) in [5.41, 5.74) is 0.412. The van der Waals surface area contributed by atoms with Gasteiger partial charge in [-0.05, 0) is 11.8 Å². The van der Waals surface area contributed by atoms with Crippen LogP contribution in [0.2, 0.25) is 0 Å². The van der Waals surface area contributed by atoms with E-state index in [0.717, 1.165) is 6.42 Å². The Labute approximate surface area is 64.1 Å². The van der Waals surface area contributed by atoms with Gasteiger partial charge in [-0.3, -0.25) is 0 Å². The van der Waals surface area contributed by atoms with Crippen molar-refractivity contribution in [1.29, 1.82) is 5.26 Å². The third kappa shape index (κ3) is 2.87. The van der Waals surface area contributed by atoms with Crippen LogP contribution in [0.25, 0.3) is 0 Å². The molecular weight excluding hydrogens is 122 g/mol. The quantitative estimate of drug-likeness (QED) is 0.587. The Balaban J connectivity index is 3.71. The lowest BCUT2D eigenvalue weighted by Gasteiger charge is -2.24. The second-order valence-corrected chi connectivity index (χ2v) is 3.18. The minimum absolute atomic E-state index is 0.412. The van der Waals surface area contributed by atoms with E-state index in [9.17, 15) is 0 Å². The fourth-order valence-electron chi connectivity index (χ4n) is 0.961. The van der Waals surface area contributed by atoms with Crippen LogP contribution < -0.4 is 0 Å². The van der Waals surface area contributed by atoms with Gasteiger partial charge in [-0.15, -0.1) is 0 Å². The highest BCUT2D eigenvalue weighted by Crippen LogP contribution is 2.30. The highest BCUT2D eigenvalue weighted by Gasteiger charge is 2.18. The Morgan fingerprint density at radius 3 is 2.10 bits per heavy atom. The summed E-state index contributed by atoms with van der Waals surface area (Å²) in [4.78, 5) is 0. The van der Waals surface area contributed by atoms with Crippen molar-refractivity contribution in [3.8, 4) is 6.07 Å². The zero-order valence-corrected chi connectivity index (χ0v) is 7.28. The summed E-state index contributed by atoms with van der Waals surface area (Å²) in [6, 6.07) is 2.19. The Bertz CT molecular complexity index is 117. The molecule has 10 heavy (non-hydrogen) atoms. The molecule has 1 nitrogen and oxygen atoms in total. The maximum atomic E-state index is 8.37. The number of nitrogens with zero attached hydrogens (tertiary/aromatic N) is 1. The van der Waals surface area contributed by atoms with Crippen molar-refractivity contribution in [1.82, 2.24) is 0 Å². The van der Waals surface area contributed by atoms with Crippen LogP contribution in [0.4, 0.5) is 0 Å². The van der Waals surface area contributed by atoms with Crippen LogP contribution in [-0.2, 0) is 0 Å². The summed E-state index contributed by atoms with van der Waals surface area (Å²) >= 11 is 0. The van der Waals surface area contributed by atoms with E-state index < -0.39 is 0 Å². The van der Waals surface area contributed by atoms with Crippen molar-refractivity contribution in [3.63, 3.8) is 0 Å². The Morgan fingerprint density at radius 2 is 1.80 bits per heavy atom. The smallest absolute Gasteiger partial charge is 0.0621 e. The minimum atomic E-state index is 0.412. The number of rotatable bonds is 4. The van der Waals surface area contributed by atoms with Gasteiger partial charge in [-0.25, -0.2) is 0 Å². The Kier molecular flexibility index (Phi) is 4.11. The van der Waals surface area contributed by atoms with Crippen molar-refractivity contribution in [3.05, 3.63) is 0 Å². The van der Waals surface area contributed by atoms with Gasteiger partial charge in [0.1, 0.15) is 0 Å². The Hall–Kier alpha value is -0.510. The van der Waals surface area contributed by atoms with Gasteiger partial charge in [0.05, 0.1) is 6.07 Å². The molecule has 0 bridgehead atoms. The normalized spacial score (nSPS) is 11.0. The molecule has 1 heteroatoms. The SMILES string of the molecule is CCC(C)(CC)CCC#N. The summed E-state index contributed by atoms with van der Waals surface area (Å²) in [6.45, 7) is 6.64. The third-order valence-electron chi connectivity index (χ3n) is 2.55. The van der Waals surface area contributed by atoms with E-state index >= 15 is 0 Å². The zero-order valence-electron chi connectivity index (χ0n) is 7.28. The largest absolute Gasteiger partial charge is 0.198 e. The molecule has 0 spiro atoms. The maximum Gasteiger partial charge on any atom is 0.0621 e. The first-order chi connectivity index (χ1) is 4.68. The second-order valence-electron chi connectivity index (χ2n) is 3.18. The molecule has 0 heterocycles. The molecule has 0 aliphatic heterocycles. The fraction of sp³-hybridized carbons (Fsp3) is 0.889. The molecule has 0 atom stereocenters. The molecule has 0 unspecified atom stereocenters. The van der Waals surface area contributed by atoms with E-state index in [4.69, 9.17) is 5.26 Å². The average molecular weight is 139 g/mol. The van der Waals surface area contributed by atoms with E-state index in [1.807, 2.05) is 0 Å². The number of hydrogen-bond acceptors (Lipinski definition) is 1. The first-order valence-corrected chi connectivity index (χ1v) is 4.05. The van der Waals surface area contributed by atoms with Gasteiger partial charge >= 0.3 is 0 Å². The van der Waals surface area contributed by atoms with Crippen LogP contribution >= 0.6 is 0 Å². The fourth-order valence-corrected chi connectivity index (χ4v) is 0.961. The molecule has 58 valence electrons. The average Bonchev–Trinajstić information content (AvgIpc) is 2.00. The van der Waals surface area contributed by atoms with Gasteiger partial charge in [-0.1, -0.05) is 33.6 Å². The molecule has 0 aliphatic carbocycles. The van der Waals surface area contributed by atoms with Crippen LogP contribution in [0.15, 0.2) is 0 Å². The maximum absolute atomic E-state index is 8.37. The summed E-state index contributed by atoms with van der Waals surface area (Å²) in [5.74, 6) is 0. The molecule has 0 aliphatic rings. The van der Waals surface area contributed by atoms with Crippen LogP contribution in [0.3, 0.4) is 0 Å². The van der Waals surface area contributed by atoms with E-state index in [1.54, 1.807) is 0 Å². The lowest BCUT2D eigenvalue weighted by Crippen LogP contribution is -2.12. The molecule has 0 amide bonds. The van der Waals surface area contributed by atoms with Crippen LogP contribution in [0, 0.1) is 16.7 Å². The van der Waals surface area contributed by atoms with Crippen LogP contribution in [0.1, 0.15) is 46.5 Å². The monoisotopic (exact) mass is 139 g/mol. The Morgan fingerprint density at radius 1 is 1.30 bits per heavy atom. The van der Waals surface area contributed by atoms with Crippen molar-refractivity contribution in [2.75, 3.05) is 0 Å². The molecule has 0 fully saturated rings. The van der Waals surface area contributed by atoms with Crippen LogP contribution in [0.5, 0.6) is 0 Å². The predicted molar refractivity (Wildman–Crippen MR) is 43.5 cm³/mol. The highest BCUT2D eigenvalue weighted by atomic mass is 14.3. The van der Waals surface area contributed by atoms with E-state index in [-0.39, 0.29) is 0 Å². The first kappa shape index (κ1) is 9.49. The second kappa shape index (κ2) is 4.33. The van der Waals surface area contributed by atoms with Gasteiger partial charge < -0.3 is 0 Å². The minimum Gasteiger partial charge on any atom is -0.198 e. The molecule has 0 rings (SSSR count). The summed E-state index contributed by atoms with van der Waals surface area (Å²) in [6.07, 6.45) is 4.13. The molecule has 0 radical (unpaired) electrons.